The van der Waals surface area contributed by atoms with Crippen molar-refractivity contribution in [1.29, 1.82) is 0 Å². The number of hydrogen-bond acceptors (Lipinski definition) is 6. The second-order valence-electron chi connectivity index (χ2n) is 4.85. The number of hydrogen-bond donors (Lipinski definition) is 1. The number of carbonyl (C=O) groups excluding carboxylic acids is 1. The van der Waals surface area contributed by atoms with Crippen LogP contribution in [0.15, 0.2) is 6.07 Å². The van der Waals surface area contributed by atoms with E-state index in [1.165, 1.54) is 7.11 Å². The molecule has 0 aliphatic heterocycles. The lowest BCUT2D eigenvalue weighted by Crippen LogP contribution is -2.37. The minimum absolute atomic E-state index is 0.0232. The van der Waals surface area contributed by atoms with Gasteiger partial charge < -0.3 is 14.7 Å². The first-order valence-corrected chi connectivity index (χ1v) is 5.60. The van der Waals surface area contributed by atoms with Crippen LogP contribution in [0.5, 0.6) is 0 Å². The van der Waals surface area contributed by atoms with Gasteiger partial charge in [0, 0.05) is 25.4 Å². The van der Waals surface area contributed by atoms with Crippen LogP contribution in [-0.2, 0) is 4.74 Å². The number of esters is 1. The summed E-state index contributed by atoms with van der Waals surface area (Å²) in [5.74, 6) is 0.0247. The van der Waals surface area contributed by atoms with Crippen molar-refractivity contribution in [2.75, 3.05) is 25.6 Å². The fourth-order valence-corrected chi connectivity index (χ4v) is 1.59. The summed E-state index contributed by atoms with van der Waals surface area (Å²) in [6, 6.07) is 1.75. The molecule has 1 aromatic rings. The van der Waals surface area contributed by atoms with Crippen LogP contribution in [0.1, 0.15) is 30.2 Å². The molecule has 0 saturated carbocycles. The number of methoxy groups -OCH3 is 1. The van der Waals surface area contributed by atoms with Crippen LogP contribution in [0.4, 0.5) is 5.82 Å². The first kappa shape index (κ1) is 14.4. The SMILES string of the molecule is COC(=O)c1nc(C)cc(N(C)CC(C)(C)O)n1. The van der Waals surface area contributed by atoms with Crippen LogP contribution in [-0.4, -0.2) is 47.3 Å². The minimum atomic E-state index is -0.848. The summed E-state index contributed by atoms with van der Waals surface area (Å²) in [5.41, 5.74) is -0.179. The minimum Gasteiger partial charge on any atom is -0.463 e. The molecule has 1 rings (SSSR count). The smallest absolute Gasteiger partial charge is 0.376 e. The second kappa shape index (κ2) is 5.30. The molecule has 0 bridgehead atoms. The summed E-state index contributed by atoms with van der Waals surface area (Å²) in [6.07, 6.45) is 0. The lowest BCUT2D eigenvalue weighted by atomic mass is 10.1. The van der Waals surface area contributed by atoms with Gasteiger partial charge in [-0.3, -0.25) is 0 Å². The van der Waals surface area contributed by atoms with E-state index in [9.17, 15) is 9.90 Å². The Morgan fingerprint density at radius 2 is 2.11 bits per heavy atom. The Morgan fingerprint density at radius 1 is 1.50 bits per heavy atom. The number of likely N-dealkylation sites (N-methyl/N-ethyl adjacent to an activating group) is 1. The number of aryl methyl sites for hydroxylation is 1. The predicted octanol–water partition coefficient (Wildman–Crippen LogP) is 0.779. The van der Waals surface area contributed by atoms with Gasteiger partial charge in [0.05, 0.1) is 12.7 Å². The summed E-state index contributed by atoms with van der Waals surface area (Å²) in [6.45, 7) is 5.58. The van der Waals surface area contributed by atoms with Crippen LogP contribution in [0.2, 0.25) is 0 Å². The van der Waals surface area contributed by atoms with Gasteiger partial charge in [0.25, 0.3) is 0 Å². The number of nitrogens with zero attached hydrogens (tertiary/aromatic N) is 3. The van der Waals surface area contributed by atoms with Crippen molar-refractivity contribution >= 4 is 11.8 Å². The lowest BCUT2D eigenvalue weighted by molar-refractivity contribution is 0.0586. The Bertz CT molecular complexity index is 441. The van der Waals surface area contributed by atoms with E-state index in [1.807, 2.05) is 0 Å². The number of aromatic nitrogens is 2. The lowest BCUT2D eigenvalue weighted by Gasteiger charge is -2.26. The molecule has 6 heteroatoms. The number of aliphatic hydroxyl groups is 1. The van der Waals surface area contributed by atoms with E-state index < -0.39 is 11.6 Å². The molecule has 0 aromatic carbocycles. The van der Waals surface area contributed by atoms with Gasteiger partial charge in [-0.15, -0.1) is 0 Å². The van der Waals surface area contributed by atoms with E-state index in [2.05, 4.69) is 14.7 Å². The molecule has 6 nitrogen and oxygen atoms in total. The highest BCUT2D eigenvalue weighted by atomic mass is 16.5. The van der Waals surface area contributed by atoms with E-state index in [-0.39, 0.29) is 5.82 Å². The highest BCUT2D eigenvalue weighted by Gasteiger charge is 2.19. The maximum absolute atomic E-state index is 11.4. The van der Waals surface area contributed by atoms with Crippen LogP contribution >= 0.6 is 0 Å². The Balaban J connectivity index is 3.02. The summed E-state index contributed by atoms with van der Waals surface area (Å²) in [7, 11) is 3.08. The van der Waals surface area contributed by atoms with Crippen molar-refractivity contribution < 1.29 is 14.6 Å². The van der Waals surface area contributed by atoms with E-state index in [4.69, 9.17) is 0 Å². The maximum Gasteiger partial charge on any atom is 0.376 e. The van der Waals surface area contributed by atoms with Crippen LogP contribution in [0.25, 0.3) is 0 Å². The summed E-state index contributed by atoms with van der Waals surface area (Å²) >= 11 is 0. The number of ether oxygens (including phenoxy) is 1. The van der Waals surface area contributed by atoms with Crippen molar-refractivity contribution in [2.45, 2.75) is 26.4 Å². The monoisotopic (exact) mass is 253 g/mol. The highest BCUT2D eigenvalue weighted by molar-refractivity contribution is 5.85. The molecule has 1 aromatic heterocycles. The van der Waals surface area contributed by atoms with Gasteiger partial charge in [0.15, 0.2) is 0 Å². The zero-order chi connectivity index (χ0) is 13.9. The zero-order valence-corrected chi connectivity index (χ0v) is 11.4. The Labute approximate surface area is 107 Å². The van der Waals surface area contributed by atoms with Gasteiger partial charge in [-0.05, 0) is 20.8 Å². The standard InChI is InChI=1S/C12H19N3O3/c1-8-6-9(15(4)7-12(2,3)17)14-10(13-8)11(16)18-5/h6,17H,7H2,1-5H3. The second-order valence-corrected chi connectivity index (χ2v) is 4.85. The van der Waals surface area contributed by atoms with E-state index >= 15 is 0 Å². The van der Waals surface area contributed by atoms with Gasteiger partial charge in [0.2, 0.25) is 5.82 Å². The number of anilines is 1. The van der Waals surface area contributed by atoms with Gasteiger partial charge in [-0.25, -0.2) is 14.8 Å². The van der Waals surface area contributed by atoms with Crippen molar-refractivity contribution in [3.8, 4) is 0 Å². The van der Waals surface area contributed by atoms with Crippen molar-refractivity contribution in [2.24, 2.45) is 0 Å². The first-order valence-electron chi connectivity index (χ1n) is 5.60. The molecular formula is C12H19N3O3. The summed E-state index contributed by atoms with van der Waals surface area (Å²) in [4.78, 5) is 21.3. The quantitative estimate of drug-likeness (QED) is 0.799. The molecule has 0 amide bonds. The molecule has 1 heterocycles. The molecule has 0 radical (unpaired) electrons. The number of rotatable bonds is 4. The average molecular weight is 253 g/mol. The van der Waals surface area contributed by atoms with Gasteiger partial charge in [-0.1, -0.05) is 0 Å². The molecule has 0 atom stereocenters. The predicted molar refractivity (Wildman–Crippen MR) is 67.7 cm³/mol. The van der Waals surface area contributed by atoms with E-state index in [0.717, 1.165) is 0 Å². The summed E-state index contributed by atoms with van der Waals surface area (Å²) < 4.78 is 4.60. The molecule has 0 aliphatic rings. The zero-order valence-electron chi connectivity index (χ0n) is 11.4. The Hall–Kier alpha value is -1.69. The number of carbonyl (C=O) groups is 1. The fraction of sp³-hybridized carbons (Fsp3) is 0.583. The van der Waals surface area contributed by atoms with Crippen molar-refractivity contribution in [3.05, 3.63) is 17.6 Å². The molecule has 1 N–H and O–H groups in total. The van der Waals surface area contributed by atoms with E-state index in [0.29, 0.717) is 18.1 Å². The van der Waals surface area contributed by atoms with Gasteiger partial charge in [-0.2, -0.15) is 0 Å². The topological polar surface area (TPSA) is 75.5 Å². The van der Waals surface area contributed by atoms with Crippen molar-refractivity contribution in [1.82, 2.24) is 9.97 Å². The molecular weight excluding hydrogens is 234 g/mol. The third-order valence-electron chi connectivity index (χ3n) is 2.22. The van der Waals surface area contributed by atoms with Crippen LogP contribution in [0, 0.1) is 6.92 Å². The molecule has 100 valence electrons. The Kier molecular flexibility index (Phi) is 4.24. The highest BCUT2D eigenvalue weighted by Crippen LogP contribution is 2.14. The summed E-state index contributed by atoms with van der Waals surface area (Å²) in [5, 5.41) is 9.77. The third-order valence-corrected chi connectivity index (χ3v) is 2.22. The molecule has 18 heavy (non-hydrogen) atoms. The van der Waals surface area contributed by atoms with Gasteiger partial charge in [0.1, 0.15) is 5.82 Å². The first-order chi connectivity index (χ1) is 8.23. The van der Waals surface area contributed by atoms with Crippen LogP contribution < -0.4 is 4.90 Å². The normalized spacial score (nSPS) is 11.2. The molecule has 0 spiro atoms. The average Bonchev–Trinajstić information content (AvgIpc) is 2.24. The van der Waals surface area contributed by atoms with Gasteiger partial charge >= 0.3 is 5.97 Å². The molecule has 0 saturated heterocycles. The maximum atomic E-state index is 11.4. The largest absolute Gasteiger partial charge is 0.463 e. The van der Waals surface area contributed by atoms with Crippen molar-refractivity contribution in [3.63, 3.8) is 0 Å². The molecule has 0 unspecified atom stereocenters. The molecule has 0 aliphatic carbocycles. The fourth-order valence-electron chi connectivity index (χ4n) is 1.59. The van der Waals surface area contributed by atoms with Crippen LogP contribution in [0.3, 0.4) is 0 Å². The Morgan fingerprint density at radius 3 is 2.61 bits per heavy atom. The molecule has 0 fully saturated rings. The van der Waals surface area contributed by atoms with E-state index in [1.54, 1.807) is 38.8 Å². The third kappa shape index (κ3) is 3.96.